The molecule has 0 amide bonds. The maximum Gasteiger partial charge on any atom is 0.0702 e. The van der Waals surface area contributed by atoms with Gasteiger partial charge in [0.1, 0.15) is 0 Å². The van der Waals surface area contributed by atoms with Crippen molar-refractivity contribution in [2.24, 2.45) is 0 Å². The maximum atomic E-state index is 4.44. The zero-order valence-corrected chi connectivity index (χ0v) is 12.5. The lowest BCUT2D eigenvalue weighted by Gasteiger charge is -2.29. The van der Waals surface area contributed by atoms with Gasteiger partial charge in [-0.2, -0.15) is 0 Å². The van der Waals surface area contributed by atoms with Gasteiger partial charge in [0.25, 0.3) is 0 Å². The summed E-state index contributed by atoms with van der Waals surface area (Å²) in [5, 5.41) is 0. The molecule has 0 saturated carbocycles. The number of anilines is 2. The average molecular weight is 290 g/mol. The summed E-state index contributed by atoms with van der Waals surface area (Å²) in [6.45, 7) is 0. The first kappa shape index (κ1) is 12.5. The summed E-state index contributed by atoms with van der Waals surface area (Å²) in [6.07, 6.45) is 1.84. The van der Waals surface area contributed by atoms with Crippen LogP contribution in [-0.2, 0) is 0 Å². The topological polar surface area (TPSA) is 16.1 Å². The summed E-state index contributed by atoms with van der Waals surface area (Å²) < 4.78 is 0. The van der Waals surface area contributed by atoms with Crippen LogP contribution >= 0.6 is 11.8 Å². The Morgan fingerprint density at radius 3 is 2.52 bits per heavy atom. The van der Waals surface area contributed by atoms with E-state index in [2.05, 4.69) is 59.4 Å². The third-order valence-electron chi connectivity index (χ3n) is 3.73. The number of aromatic nitrogens is 1. The van der Waals surface area contributed by atoms with E-state index < -0.39 is 0 Å². The Labute approximate surface area is 128 Å². The van der Waals surface area contributed by atoms with Gasteiger partial charge in [-0.1, -0.05) is 36.0 Å². The highest BCUT2D eigenvalue weighted by atomic mass is 32.2. The van der Waals surface area contributed by atoms with E-state index >= 15 is 0 Å². The lowest BCUT2D eigenvalue weighted by molar-refractivity contribution is 1.11. The number of para-hydroxylation sites is 1. The van der Waals surface area contributed by atoms with E-state index in [1.807, 2.05) is 36.2 Å². The lowest BCUT2D eigenvalue weighted by atomic mass is 10.1. The van der Waals surface area contributed by atoms with Gasteiger partial charge in [0.15, 0.2) is 0 Å². The van der Waals surface area contributed by atoms with Gasteiger partial charge in [0.05, 0.1) is 17.1 Å². The number of hydrogen-bond donors (Lipinski definition) is 0. The number of nitrogens with zero attached hydrogens (tertiary/aromatic N) is 2. The molecule has 4 rings (SSSR count). The van der Waals surface area contributed by atoms with E-state index in [0.717, 1.165) is 11.3 Å². The van der Waals surface area contributed by atoms with Crippen LogP contribution in [0.1, 0.15) is 0 Å². The summed E-state index contributed by atoms with van der Waals surface area (Å²) in [6, 6.07) is 21.1. The molecule has 21 heavy (non-hydrogen) atoms. The monoisotopic (exact) mass is 290 g/mol. The van der Waals surface area contributed by atoms with Gasteiger partial charge in [-0.25, -0.2) is 0 Å². The summed E-state index contributed by atoms with van der Waals surface area (Å²) in [7, 11) is 2.12. The van der Waals surface area contributed by atoms with Gasteiger partial charge >= 0.3 is 0 Å². The molecule has 0 saturated heterocycles. The van der Waals surface area contributed by atoms with Gasteiger partial charge < -0.3 is 4.90 Å². The molecular weight excluding hydrogens is 276 g/mol. The van der Waals surface area contributed by atoms with Crippen molar-refractivity contribution < 1.29 is 0 Å². The van der Waals surface area contributed by atoms with Gasteiger partial charge in [-0.05, 0) is 36.4 Å². The molecule has 0 fully saturated rings. The average Bonchev–Trinajstić information content (AvgIpc) is 2.55. The summed E-state index contributed by atoms with van der Waals surface area (Å²) in [4.78, 5) is 9.27. The van der Waals surface area contributed by atoms with Crippen molar-refractivity contribution in [3.63, 3.8) is 0 Å². The molecule has 0 unspecified atom stereocenters. The molecule has 3 aromatic rings. The molecule has 2 nitrogen and oxygen atoms in total. The van der Waals surface area contributed by atoms with E-state index in [1.165, 1.54) is 21.2 Å². The molecule has 1 aliphatic heterocycles. The molecule has 0 spiro atoms. The Hall–Kier alpha value is -2.26. The second-order valence-electron chi connectivity index (χ2n) is 5.03. The van der Waals surface area contributed by atoms with E-state index in [9.17, 15) is 0 Å². The van der Waals surface area contributed by atoms with Crippen LogP contribution in [0.15, 0.2) is 76.7 Å². The molecule has 0 atom stereocenters. The molecule has 2 heterocycles. The Bertz CT molecular complexity index is 799. The van der Waals surface area contributed by atoms with Gasteiger partial charge in [-0.3, -0.25) is 4.98 Å². The highest BCUT2D eigenvalue weighted by molar-refractivity contribution is 7.99. The van der Waals surface area contributed by atoms with Crippen LogP contribution in [0.5, 0.6) is 0 Å². The fraction of sp³-hybridized carbons (Fsp3) is 0.0556. The quantitative estimate of drug-likeness (QED) is 0.628. The van der Waals surface area contributed by atoms with Gasteiger partial charge in [0, 0.05) is 28.6 Å². The molecule has 0 N–H and O–H groups in total. The highest BCUT2D eigenvalue weighted by Gasteiger charge is 2.20. The van der Waals surface area contributed by atoms with Crippen LogP contribution in [0.3, 0.4) is 0 Å². The molecule has 0 aliphatic carbocycles. The van der Waals surface area contributed by atoms with Crippen molar-refractivity contribution in [3.8, 4) is 11.3 Å². The minimum Gasteiger partial charge on any atom is -0.343 e. The standard InChI is InChI=1S/C18H14N2S/c1-20-15-7-2-3-8-17(15)21-18-12-13(9-10-16(18)20)14-6-4-5-11-19-14/h2-12H,1H3. The Kier molecular flexibility index (Phi) is 2.93. The first-order valence-corrected chi connectivity index (χ1v) is 7.71. The zero-order chi connectivity index (χ0) is 14.2. The van der Waals surface area contributed by atoms with Crippen LogP contribution in [0.4, 0.5) is 11.4 Å². The molecule has 0 bridgehead atoms. The number of rotatable bonds is 1. The van der Waals surface area contributed by atoms with Crippen molar-refractivity contribution in [3.05, 3.63) is 66.9 Å². The predicted molar refractivity (Wildman–Crippen MR) is 88.3 cm³/mol. The molecule has 102 valence electrons. The van der Waals surface area contributed by atoms with Crippen LogP contribution in [0.2, 0.25) is 0 Å². The molecule has 2 aromatic carbocycles. The van der Waals surface area contributed by atoms with Crippen LogP contribution < -0.4 is 4.90 Å². The first-order valence-electron chi connectivity index (χ1n) is 6.89. The zero-order valence-electron chi connectivity index (χ0n) is 11.7. The molecular formula is C18H14N2S. The van der Waals surface area contributed by atoms with Crippen LogP contribution in [0, 0.1) is 0 Å². The third kappa shape index (κ3) is 2.10. The fourth-order valence-corrected chi connectivity index (χ4v) is 3.82. The van der Waals surface area contributed by atoms with Crippen molar-refractivity contribution in [2.75, 3.05) is 11.9 Å². The normalized spacial score (nSPS) is 12.7. The summed E-state index contributed by atoms with van der Waals surface area (Å²) >= 11 is 1.83. The smallest absolute Gasteiger partial charge is 0.0702 e. The minimum atomic E-state index is 1.02. The SMILES string of the molecule is CN1c2ccccc2Sc2cc(-c3ccccn3)ccc21. The second-order valence-corrected chi connectivity index (χ2v) is 6.11. The lowest BCUT2D eigenvalue weighted by Crippen LogP contribution is -2.14. The second kappa shape index (κ2) is 4.93. The fourth-order valence-electron chi connectivity index (χ4n) is 2.63. The number of benzene rings is 2. The predicted octanol–water partition coefficient (Wildman–Crippen LogP) is 4.98. The maximum absolute atomic E-state index is 4.44. The first-order chi connectivity index (χ1) is 10.3. The van der Waals surface area contributed by atoms with Gasteiger partial charge in [0.2, 0.25) is 0 Å². The molecule has 1 aliphatic rings. The number of hydrogen-bond acceptors (Lipinski definition) is 3. The highest BCUT2D eigenvalue weighted by Crippen LogP contribution is 2.48. The van der Waals surface area contributed by atoms with Gasteiger partial charge in [-0.15, -0.1) is 0 Å². The van der Waals surface area contributed by atoms with E-state index in [1.54, 1.807) is 0 Å². The minimum absolute atomic E-state index is 1.02. The summed E-state index contributed by atoms with van der Waals surface area (Å²) in [5.74, 6) is 0. The molecule has 3 heteroatoms. The Morgan fingerprint density at radius 1 is 0.857 bits per heavy atom. The van der Waals surface area contributed by atoms with Crippen molar-refractivity contribution in [2.45, 2.75) is 9.79 Å². The van der Waals surface area contributed by atoms with Crippen molar-refractivity contribution in [1.82, 2.24) is 4.98 Å². The van der Waals surface area contributed by atoms with Crippen molar-refractivity contribution >= 4 is 23.1 Å². The number of pyridine rings is 1. The number of fused-ring (bicyclic) bond motifs is 2. The van der Waals surface area contributed by atoms with Crippen LogP contribution in [0.25, 0.3) is 11.3 Å². The third-order valence-corrected chi connectivity index (χ3v) is 4.84. The Balaban J connectivity index is 1.81. The van der Waals surface area contributed by atoms with E-state index in [0.29, 0.717) is 0 Å². The Morgan fingerprint density at radius 2 is 1.67 bits per heavy atom. The molecule has 0 radical (unpaired) electrons. The largest absolute Gasteiger partial charge is 0.343 e. The summed E-state index contributed by atoms with van der Waals surface area (Å²) in [5.41, 5.74) is 4.69. The van der Waals surface area contributed by atoms with Crippen molar-refractivity contribution in [1.29, 1.82) is 0 Å². The van der Waals surface area contributed by atoms with E-state index in [4.69, 9.17) is 0 Å². The molecule has 1 aromatic heterocycles. The van der Waals surface area contributed by atoms with Crippen LogP contribution in [-0.4, -0.2) is 12.0 Å². The van der Waals surface area contributed by atoms with E-state index in [-0.39, 0.29) is 0 Å².